The molecule has 5 fully saturated rings. The van der Waals surface area contributed by atoms with E-state index in [1.54, 1.807) is 18.1 Å². The Kier molecular flexibility index (Phi) is 5.41. The molecule has 190 valence electrons. The fraction of sp³-hybridized carbons (Fsp3) is 0.900. The van der Waals surface area contributed by atoms with Crippen LogP contribution in [0.5, 0.6) is 0 Å². The Morgan fingerprint density at radius 2 is 1.82 bits per heavy atom. The lowest BCUT2D eigenvalue weighted by atomic mass is 9.46. The minimum Gasteiger partial charge on any atom is -0.462 e. The molecule has 4 nitrogen and oxygen atoms in total. The third kappa shape index (κ3) is 3.19. The maximum absolute atomic E-state index is 11.6. The van der Waals surface area contributed by atoms with Crippen LogP contribution < -0.4 is 0 Å². The summed E-state index contributed by atoms with van der Waals surface area (Å²) in [5.41, 5.74) is 3.86. The Morgan fingerprint density at radius 3 is 2.53 bits per heavy atom. The molecule has 1 spiro atoms. The predicted octanol–water partition coefficient (Wildman–Crippen LogP) is 6.67. The van der Waals surface area contributed by atoms with E-state index < -0.39 is 0 Å². The van der Waals surface area contributed by atoms with E-state index in [4.69, 9.17) is 14.2 Å². The van der Waals surface area contributed by atoms with E-state index in [1.807, 2.05) is 0 Å². The molecule has 11 unspecified atom stereocenters. The van der Waals surface area contributed by atoms with Crippen LogP contribution in [0.3, 0.4) is 0 Å². The molecule has 0 aromatic heterocycles. The lowest BCUT2D eigenvalue weighted by Gasteiger charge is -2.59. The summed E-state index contributed by atoms with van der Waals surface area (Å²) in [7, 11) is 0. The molecule has 11 atom stereocenters. The van der Waals surface area contributed by atoms with Crippen molar-refractivity contribution in [1.29, 1.82) is 0 Å². The molecule has 2 saturated heterocycles. The van der Waals surface area contributed by atoms with Gasteiger partial charge >= 0.3 is 5.97 Å². The highest BCUT2D eigenvalue weighted by Crippen LogP contribution is 2.71. The molecule has 0 aromatic carbocycles. The molecule has 2 heterocycles. The molecule has 6 aliphatic rings. The second-order valence-corrected chi connectivity index (χ2v) is 13.7. The summed E-state index contributed by atoms with van der Waals surface area (Å²) in [5.74, 6) is 3.61. The number of ether oxygens (including phenoxy) is 3. The predicted molar refractivity (Wildman–Crippen MR) is 132 cm³/mol. The van der Waals surface area contributed by atoms with Crippen molar-refractivity contribution >= 4 is 5.97 Å². The molecule has 0 N–H and O–H groups in total. The van der Waals surface area contributed by atoms with E-state index >= 15 is 0 Å². The zero-order valence-electron chi connectivity index (χ0n) is 22.3. The van der Waals surface area contributed by atoms with E-state index in [0.717, 1.165) is 50.0 Å². The number of allylic oxidation sites excluding steroid dienone is 1. The SMILES string of the molecule is CC(=O)OC1CCC2(C)C(=C(C)CC3C2CCC2(C)C3CC3OC4(CCC(C)CO4)C(C)C32)C1. The number of rotatable bonds is 1. The number of carbonyl (C=O) groups is 1. The first-order valence-electron chi connectivity index (χ1n) is 14.3. The molecule has 6 rings (SSSR count). The Bertz CT molecular complexity index is 884. The lowest BCUT2D eigenvalue weighted by molar-refractivity contribution is -0.272. The van der Waals surface area contributed by atoms with E-state index in [1.165, 1.54) is 32.1 Å². The van der Waals surface area contributed by atoms with Crippen LogP contribution in [-0.4, -0.2) is 30.6 Å². The minimum absolute atomic E-state index is 0.0791. The molecule has 2 aliphatic heterocycles. The lowest BCUT2D eigenvalue weighted by Crippen LogP contribution is -2.53. The van der Waals surface area contributed by atoms with Crippen LogP contribution in [0.25, 0.3) is 0 Å². The normalized spacial score (nSPS) is 54.3. The molecule has 4 aliphatic carbocycles. The van der Waals surface area contributed by atoms with Crippen molar-refractivity contribution in [3.63, 3.8) is 0 Å². The number of carbonyl (C=O) groups excluding carboxylic acids is 1. The molecular formula is C30H46O4. The average Bonchev–Trinajstić information content (AvgIpc) is 3.22. The highest BCUT2D eigenvalue weighted by atomic mass is 16.7. The third-order valence-corrected chi connectivity index (χ3v) is 12.0. The minimum atomic E-state index is -0.316. The van der Waals surface area contributed by atoms with Crippen LogP contribution in [-0.2, 0) is 19.0 Å². The van der Waals surface area contributed by atoms with Crippen molar-refractivity contribution in [1.82, 2.24) is 0 Å². The van der Waals surface area contributed by atoms with E-state index in [2.05, 4.69) is 34.6 Å². The van der Waals surface area contributed by atoms with E-state index in [0.29, 0.717) is 29.3 Å². The van der Waals surface area contributed by atoms with Gasteiger partial charge in [-0.3, -0.25) is 4.79 Å². The Labute approximate surface area is 206 Å². The van der Waals surface area contributed by atoms with Gasteiger partial charge in [0, 0.05) is 25.7 Å². The standard InChI is InChI=1S/C30H46O4/c1-17-7-12-30(32-16-17)19(3)27-26(34-30)15-25-22-13-18(2)24-14-21(33-20(4)31)8-10-28(24,5)23(22)9-11-29(25,27)6/h17,19,21-23,25-27H,7-16H2,1-6H3. The fourth-order valence-corrected chi connectivity index (χ4v) is 10.4. The first kappa shape index (κ1) is 23.5. The summed E-state index contributed by atoms with van der Waals surface area (Å²) in [6.07, 6.45) is 11.0. The molecule has 0 bridgehead atoms. The summed E-state index contributed by atoms with van der Waals surface area (Å²) in [6, 6.07) is 0. The van der Waals surface area contributed by atoms with Gasteiger partial charge in [-0.2, -0.15) is 0 Å². The van der Waals surface area contributed by atoms with Crippen LogP contribution in [0.2, 0.25) is 0 Å². The second-order valence-electron chi connectivity index (χ2n) is 13.7. The third-order valence-electron chi connectivity index (χ3n) is 12.0. The molecule has 0 amide bonds. The van der Waals surface area contributed by atoms with Crippen molar-refractivity contribution in [3.8, 4) is 0 Å². The number of fused-ring (bicyclic) bond motifs is 7. The molecule has 34 heavy (non-hydrogen) atoms. The number of esters is 1. The van der Waals surface area contributed by atoms with Crippen LogP contribution in [0, 0.1) is 46.3 Å². The summed E-state index contributed by atoms with van der Waals surface area (Å²) < 4.78 is 19.1. The van der Waals surface area contributed by atoms with Crippen molar-refractivity contribution in [2.45, 2.75) is 117 Å². The Balaban J connectivity index is 1.26. The van der Waals surface area contributed by atoms with Crippen LogP contribution in [0.1, 0.15) is 99.3 Å². The second kappa shape index (κ2) is 7.81. The summed E-state index contributed by atoms with van der Waals surface area (Å²) in [4.78, 5) is 11.6. The molecule has 4 heteroatoms. The van der Waals surface area contributed by atoms with Crippen molar-refractivity contribution < 1.29 is 19.0 Å². The van der Waals surface area contributed by atoms with Gasteiger partial charge in [0.05, 0.1) is 12.7 Å². The van der Waals surface area contributed by atoms with Gasteiger partial charge in [0.1, 0.15) is 6.10 Å². The van der Waals surface area contributed by atoms with Crippen molar-refractivity contribution in [2.24, 2.45) is 46.3 Å². The topological polar surface area (TPSA) is 44.8 Å². The van der Waals surface area contributed by atoms with E-state index in [-0.39, 0.29) is 23.3 Å². The van der Waals surface area contributed by atoms with Gasteiger partial charge in [-0.25, -0.2) is 0 Å². The maximum Gasteiger partial charge on any atom is 0.302 e. The Hall–Kier alpha value is -0.870. The van der Waals surface area contributed by atoms with Crippen LogP contribution >= 0.6 is 0 Å². The first-order valence-corrected chi connectivity index (χ1v) is 14.3. The zero-order chi connectivity index (χ0) is 24.0. The van der Waals surface area contributed by atoms with Gasteiger partial charge in [0.2, 0.25) is 0 Å². The molecule has 0 radical (unpaired) electrons. The smallest absolute Gasteiger partial charge is 0.302 e. The fourth-order valence-electron chi connectivity index (χ4n) is 10.4. The van der Waals surface area contributed by atoms with E-state index in [9.17, 15) is 4.79 Å². The van der Waals surface area contributed by atoms with Gasteiger partial charge in [0.25, 0.3) is 0 Å². The monoisotopic (exact) mass is 470 g/mol. The molecular weight excluding hydrogens is 424 g/mol. The highest BCUT2D eigenvalue weighted by molar-refractivity contribution is 5.66. The largest absolute Gasteiger partial charge is 0.462 e. The van der Waals surface area contributed by atoms with Crippen LogP contribution in [0.4, 0.5) is 0 Å². The summed E-state index contributed by atoms with van der Waals surface area (Å²) >= 11 is 0. The quantitative estimate of drug-likeness (QED) is 0.317. The van der Waals surface area contributed by atoms with Gasteiger partial charge < -0.3 is 14.2 Å². The Morgan fingerprint density at radius 1 is 1.03 bits per heavy atom. The highest BCUT2D eigenvalue weighted by Gasteiger charge is 2.68. The first-order chi connectivity index (χ1) is 16.1. The summed E-state index contributed by atoms with van der Waals surface area (Å²) in [5, 5.41) is 0. The van der Waals surface area contributed by atoms with Crippen molar-refractivity contribution in [3.05, 3.63) is 11.1 Å². The number of hydrogen-bond donors (Lipinski definition) is 0. The number of hydrogen-bond acceptors (Lipinski definition) is 4. The van der Waals surface area contributed by atoms with Gasteiger partial charge in [-0.1, -0.05) is 38.8 Å². The maximum atomic E-state index is 11.6. The average molecular weight is 471 g/mol. The van der Waals surface area contributed by atoms with Gasteiger partial charge in [-0.15, -0.1) is 0 Å². The van der Waals surface area contributed by atoms with Crippen molar-refractivity contribution in [2.75, 3.05) is 6.61 Å². The van der Waals surface area contributed by atoms with Gasteiger partial charge in [0.15, 0.2) is 5.79 Å². The molecule has 0 aromatic rings. The zero-order valence-corrected chi connectivity index (χ0v) is 22.3. The molecule has 3 saturated carbocycles. The summed E-state index contributed by atoms with van der Waals surface area (Å²) in [6.45, 7) is 14.7. The van der Waals surface area contributed by atoms with Crippen LogP contribution in [0.15, 0.2) is 11.1 Å². The van der Waals surface area contributed by atoms with Gasteiger partial charge in [-0.05, 0) is 92.3 Å².